The fraction of sp³-hybridized carbons (Fsp3) is 0.533. The van der Waals surface area contributed by atoms with Crippen molar-refractivity contribution in [3.05, 3.63) is 28.2 Å². The first-order valence-corrected chi connectivity index (χ1v) is 9.16. The molecule has 2 rings (SSSR count). The van der Waals surface area contributed by atoms with E-state index in [1.165, 1.54) is 0 Å². The lowest BCUT2D eigenvalue weighted by Crippen LogP contribution is -2.49. The highest BCUT2D eigenvalue weighted by molar-refractivity contribution is 7.99. The van der Waals surface area contributed by atoms with Crippen LogP contribution in [0.25, 0.3) is 0 Å². The summed E-state index contributed by atoms with van der Waals surface area (Å²) < 4.78 is 0. The standard InChI is InChI=1S/C15H20Cl2N2O2S/c1-2-22-10-15(21)5-7-19(8-6-15)14(20)18-11-3-4-12(16)13(17)9-11/h3-4,9,21H,2,5-8,10H2,1H3,(H,18,20). The molecule has 22 heavy (non-hydrogen) atoms. The molecule has 0 saturated carbocycles. The van der Waals surface area contributed by atoms with Crippen molar-refractivity contribution in [1.82, 2.24) is 4.90 Å². The van der Waals surface area contributed by atoms with Crippen LogP contribution in [0.1, 0.15) is 19.8 Å². The van der Waals surface area contributed by atoms with Crippen LogP contribution in [0.4, 0.5) is 10.5 Å². The van der Waals surface area contributed by atoms with E-state index < -0.39 is 5.60 Å². The van der Waals surface area contributed by atoms with Gasteiger partial charge in [-0.1, -0.05) is 30.1 Å². The smallest absolute Gasteiger partial charge is 0.321 e. The topological polar surface area (TPSA) is 52.6 Å². The van der Waals surface area contributed by atoms with E-state index in [9.17, 15) is 9.90 Å². The molecule has 4 nitrogen and oxygen atoms in total. The predicted molar refractivity (Wildman–Crippen MR) is 94.2 cm³/mol. The maximum atomic E-state index is 12.2. The number of nitrogens with one attached hydrogen (secondary N) is 1. The second-order valence-electron chi connectivity index (χ2n) is 5.41. The minimum atomic E-state index is -0.652. The number of carbonyl (C=O) groups is 1. The normalized spacial score (nSPS) is 17.4. The van der Waals surface area contributed by atoms with Crippen molar-refractivity contribution in [2.75, 3.05) is 29.9 Å². The number of likely N-dealkylation sites (tertiary alicyclic amines) is 1. The Morgan fingerprint density at radius 2 is 2.05 bits per heavy atom. The first-order valence-electron chi connectivity index (χ1n) is 7.24. The molecule has 0 aromatic heterocycles. The summed E-state index contributed by atoms with van der Waals surface area (Å²) in [5.41, 5.74) is -0.0390. The first kappa shape index (κ1) is 17.7. The number of carbonyl (C=O) groups excluding carboxylic acids is 1. The van der Waals surface area contributed by atoms with Crippen LogP contribution in [0.2, 0.25) is 10.0 Å². The van der Waals surface area contributed by atoms with Gasteiger partial charge in [-0.25, -0.2) is 4.79 Å². The molecule has 1 aliphatic heterocycles. The summed E-state index contributed by atoms with van der Waals surface area (Å²) in [6.45, 7) is 3.18. The van der Waals surface area contributed by atoms with Crippen molar-refractivity contribution >= 4 is 46.7 Å². The number of piperidine rings is 1. The average molecular weight is 363 g/mol. The van der Waals surface area contributed by atoms with Crippen LogP contribution >= 0.6 is 35.0 Å². The molecule has 0 atom stereocenters. The van der Waals surface area contributed by atoms with Gasteiger partial charge in [0.2, 0.25) is 0 Å². The molecule has 2 N–H and O–H groups in total. The molecular weight excluding hydrogens is 343 g/mol. The third-order valence-electron chi connectivity index (χ3n) is 3.73. The molecule has 0 aliphatic carbocycles. The fourth-order valence-electron chi connectivity index (χ4n) is 2.34. The zero-order chi connectivity index (χ0) is 16.2. The number of halogens is 2. The predicted octanol–water partition coefficient (Wildman–Crippen LogP) is 4.11. The number of anilines is 1. The molecule has 1 saturated heterocycles. The summed E-state index contributed by atoms with van der Waals surface area (Å²) in [6.07, 6.45) is 1.21. The van der Waals surface area contributed by atoms with Gasteiger partial charge in [0.25, 0.3) is 0 Å². The highest BCUT2D eigenvalue weighted by Gasteiger charge is 2.33. The number of thioether (sulfide) groups is 1. The van der Waals surface area contributed by atoms with Gasteiger partial charge in [-0.15, -0.1) is 0 Å². The number of hydrogen-bond acceptors (Lipinski definition) is 3. The molecular formula is C15H20Cl2N2O2S. The Bertz CT molecular complexity index is 534. The van der Waals surface area contributed by atoms with Gasteiger partial charge in [-0.3, -0.25) is 0 Å². The lowest BCUT2D eigenvalue weighted by Gasteiger charge is -2.38. The molecule has 1 aliphatic rings. The van der Waals surface area contributed by atoms with Crippen LogP contribution in [0, 0.1) is 0 Å². The first-order chi connectivity index (χ1) is 10.4. The number of benzene rings is 1. The monoisotopic (exact) mass is 362 g/mol. The van der Waals surface area contributed by atoms with E-state index in [0.717, 1.165) is 11.5 Å². The highest BCUT2D eigenvalue weighted by Crippen LogP contribution is 2.28. The van der Waals surface area contributed by atoms with Crippen LogP contribution in [-0.4, -0.2) is 46.2 Å². The van der Waals surface area contributed by atoms with E-state index in [0.29, 0.717) is 41.7 Å². The molecule has 122 valence electrons. The Morgan fingerprint density at radius 3 is 2.64 bits per heavy atom. The zero-order valence-electron chi connectivity index (χ0n) is 12.4. The summed E-state index contributed by atoms with van der Waals surface area (Å²) in [7, 11) is 0. The SMILES string of the molecule is CCSCC1(O)CCN(C(=O)Nc2ccc(Cl)c(Cl)c2)CC1. The summed E-state index contributed by atoms with van der Waals surface area (Å²) in [5, 5.41) is 14.1. The lowest BCUT2D eigenvalue weighted by molar-refractivity contribution is 0.00999. The molecule has 1 heterocycles. The quantitative estimate of drug-likeness (QED) is 0.847. The summed E-state index contributed by atoms with van der Waals surface area (Å²) >= 11 is 13.5. The number of urea groups is 1. The van der Waals surface area contributed by atoms with Gasteiger partial charge in [-0.2, -0.15) is 11.8 Å². The Labute approximate surface area is 145 Å². The van der Waals surface area contributed by atoms with Crippen LogP contribution < -0.4 is 5.32 Å². The maximum absolute atomic E-state index is 12.2. The van der Waals surface area contributed by atoms with Crippen molar-refractivity contribution < 1.29 is 9.90 Å². The Balaban J connectivity index is 1.88. The van der Waals surface area contributed by atoms with Gasteiger partial charge in [0.05, 0.1) is 15.6 Å². The van der Waals surface area contributed by atoms with Gasteiger partial charge < -0.3 is 15.3 Å². The number of aliphatic hydroxyl groups is 1. The van der Waals surface area contributed by atoms with E-state index >= 15 is 0 Å². The van der Waals surface area contributed by atoms with Crippen molar-refractivity contribution in [2.45, 2.75) is 25.4 Å². The molecule has 7 heteroatoms. The minimum Gasteiger partial charge on any atom is -0.389 e. The van der Waals surface area contributed by atoms with Gasteiger partial charge >= 0.3 is 6.03 Å². The van der Waals surface area contributed by atoms with Crippen LogP contribution in [0.5, 0.6) is 0 Å². The summed E-state index contributed by atoms with van der Waals surface area (Å²) in [6, 6.07) is 4.81. The van der Waals surface area contributed by atoms with Crippen molar-refractivity contribution in [3.8, 4) is 0 Å². The molecule has 0 unspecified atom stereocenters. The number of nitrogens with zero attached hydrogens (tertiary/aromatic N) is 1. The van der Waals surface area contributed by atoms with Gasteiger partial charge in [0.1, 0.15) is 0 Å². The molecule has 2 amide bonds. The van der Waals surface area contributed by atoms with E-state index in [1.807, 2.05) is 0 Å². The minimum absolute atomic E-state index is 0.177. The van der Waals surface area contributed by atoms with E-state index in [1.54, 1.807) is 34.9 Å². The molecule has 1 aromatic carbocycles. The van der Waals surface area contributed by atoms with E-state index in [4.69, 9.17) is 23.2 Å². The van der Waals surface area contributed by atoms with Crippen LogP contribution in [0.3, 0.4) is 0 Å². The van der Waals surface area contributed by atoms with Gasteiger partial charge in [-0.05, 0) is 36.8 Å². The number of hydrogen-bond donors (Lipinski definition) is 2. The van der Waals surface area contributed by atoms with Gasteiger partial charge in [0, 0.05) is 24.5 Å². The molecule has 1 fully saturated rings. The second-order valence-corrected chi connectivity index (χ2v) is 7.50. The van der Waals surface area contributed by atoms with Crippen LogP contribution in [0.15, 0.2) is 18.2 Å². The third kappa shape index (κ3) is 4.69. The third-order valence-corrected chi connectivity index (χ3v) is 5.62. The maximum Gasteiger partial charge on any atom is 0.321 e. The Kier molecular flexibility index (Phi) is 6.26. The van der Waals surface area contributed by atoms with Crippen molar-refractivity contribution in [2.24, 2.45) is 0 Å². The summed E-state index contributed by atoms with van der Waals surface area (Å²) in [4.78, 5) is 14.0. The average Bonchev–Trinajstić information content (AvgIpc) is 2.50. The second kappa shape index (κ2) is 7.77. The molecule has 0 bridgehead atoms. The van der Waals surface area contributed by atoms with Crippen molar-refractivity contribution in [1.29, 1.82) is 0 Å². The lowest BCUT2D eigenvalue weighted by atomic mass is 9.94. The van der Waals surface area contributed by atoms with E-state index in [2.05, 4.69) is 12.2 Å². The summed E-state index contributed by atoms with van der Waals surface area (Å²) in [5.74, 6) is 1.72. The molecule has 0 radical (unpaired) electrons. The zero-order valence-corrected chi connectivity index (χ0v) is 14.8. The number of rotatable bonds is 4. The number of amides is 2. The molecule has 0 spiro atoms. The molecule has 1 aromatic rings. The highest BCUT2D eigenvalue weighted by atomic mass is 35.5. The van der Waals surface area contributed by atoms with Crippen LogP contribution in [-0.2, 0) is 0 Å². The Hall–Kier alpha value is -0.620. The van der Waals surface area contributed by atoms with E-state index in [-0.39, 0.29) is 6.03 Å². The van der Waals surface area contributed by atoms with Gasteiger partial charge in [0.15, 0.2) is 0 Å². The fourth-order valence-corrected chi connectivity index (χ4v) is 3.51. The Morgan fingerprint density at radius 1 is 1.36 bits per heavy atom. The van der Waals surface area contributed by atoms with Crippen molar-refractivity contribution in [3.63, 3.8) is 0 Å². The largest absolute Gasteiger partial charge is 0.389 e.